The van der Waals surface area contributed by atoms with Crippen LogP contribution in [0.2, 0.25) is 0 Å². The summed E-state index contributed by atoms with van der Waals surface area (Å²) in [6.07, 6.45) is 0. The SMILES string of the molecule is CCN(CC)S(=O)(=O)c1ccc(S(=O)(=O)Nc2cccc(C(=O)N(C)C)c2)cc1. The maximum Gasteiger partial charge on any atom is 0.261 e. The Labute approximate surface area is 172 Å². The summed E-state index contributed by atoms with van der Waals surface area (Å²) in [5, 5.41) is 0. The van der Waals surface area contributed by atoms with Crippen LogP contribution in [-0.4, -0.2) is 59.1 Å². The summed E-state index contributed by atoms with van der Waals surface area (Å²) in [6, 6.07) is 11.2. The number of hydrogen-bond donors (Lipinski definition) is 1. The molecule has 0 aromatic heterocycles. The number of carbonyl (C=O) groups is 1. The van der Waals surface area contributed by atoms with Gasteiger partial charge in [0.1, 0.15) is 0 Å². The van der Waals surface area contributed by atoms with E-state index in [9.17, 15) is 21.6 Å². The van der Waals surface area contributed by atoms with E-state index in [1.807, 2.05) is 0 Å². The molecule has 2 rings (SSSR count). The largest absolute Gasteiger partial charge is 0.345 e. The first-order chi connectivity index (χ1) is 13.5. The third kappa shape index (κ3) is 5.14. The number of amides is 1. The van der Waals surface area contributed by atoms with Crippen molar-refractivity contribution in [3.8, 4) is 0 Å². The van der Waals surface area contributed by atoms with Gasteiger partial charge in [0.2, 0.25) is 10.0 Å². The Bertz CT molecular complexity index is 1080. The van der Waals surface area contributed by atoms with E-state index in [2.05, 4.69) is 4.72 Å². The number of hydrogen-bond acceptors (Lipinski definition) is 5. The number of carbonyl (C=O) groups excluding carboxylic acids is 1. The molecule has 0 spiro atoms. The van der Waals surface area contributed by atoms with E-state index in [0.29, 0.717) is 18.7 Å². The van der Waals surface area contributed by atoms with Gasteiger partial charge in [0.15, 0.2) is 0 Å². The van der Waals surface area contributed by atoms with Crippen LogP contribution in [-0.2, 0) is 20.0 Å². The van der Waals surface area contributed by atoms with E-state index < -0.39 is 20.0 Å². The predicted octanol–water partition coefficient (Wildman–Crippen LogP) is 2.22. The quantitative estimate of drug-likeness (QED) is 0.679. The fourth-order valence-electron chi connectivity index (χ4n) is 2.69. The highest BCUT2D eigenvalue weighted by molar-refractivity contribution is 7.92. The second-order valence-corrected chi connectivity index (χ2v) is 10.1. The van der Waals surface area contributed by atoms with E-state index in [1.54, 1.807) is 40.1 Å². The van der Waals surface area contributed by atoms with E-state index in [4.69, 9.17) is 0 Å². The molecular weight excluding hydrogens is 414 g/mol. The molecule has 158 valence electrons. The van der Waals surface area contributed by atoms with Gasteiger partial charge >= 0.3 is 0 Å². The minimum Gasteiger partial charge on any atom is -0.345 e. The van der Waals surface area contributed by atoms with Crippen molar-refractivity contribution < 1.29 is 21.6 Å². The Morgan fingerprint density at radius 2 is 1.45 bits per heavy atom. The minimum absolute atomic E-state index is 0.0266. The van der Waals surface area contributed by atoms with Gasteiger partial charge in [-0.2, -0.15) is 4.31 Å². The van der Waals surface area contributed by atoms with Gasteiger partial charge < -0.3 is 4.90 Å². The lowest BCUT2D eigenvalue weighted by Gasteiger charge is -2.18. The van der Waals surface area contributed by atoms with Gasteiger partial charge in [-0.15, -0.1) is 0 Å². The van der Waals surface area contributed by atoms with Gasteiger partial charge in [-0.1, -0.05) is 19.9 Å². The molecule has 0 fully saturated rings. The van der Waals surface area contributed by atoms with E-state index in [1.165, 1.54) is 45.6 Å². The molecule has 0 aliphatic rings. The number of nitrogens with one attached hydrogen (secondary N) is 1. The van der Waals surface area contributed by atoms with E-state index >= 15 is 0 Å². The van der Waals surface area contributed by atoms with Crippen LogP contribution in [0.4, 0.5) is 5.69 Å². The second-order valence-electron chi connectivity index (χ2n) is 6.45. The first kappa shape index (κ1) is 22.9. The van der Waals surface area contributed by atoms with Crippen molar-refractivity contribution in [3.63, 3.8) is 0 Å². The van der Waals surface area contributed by atoms with Crippen molar-refractivity contribution in [2.24, 2.45) is 0 Å². The lowest BCUT2D eigenvalue weighted by Crippen LogP contribution is -2.30. The maximum absolute atomic E-state index is 12.7. The molecule has 0 aliphatic heterocycles. The normalized spacial score (nSPS) is 12.0. The fraction of sp³-hybridized carbons (Fsp3) is 0.316. The smallest absolute Gasteiger partial charge is 0.261 e. The molecule has 2 aromatic carbocycles. The van der Waals surface area contributed by atoms with Crippen LogP contribution in [0.3, 0.4) is 0 Å². The van der Waals surface area contributed by atoms with E-state index in [-0.39, 0.29) is 21.4 Å². The molecule has 1 N–H and O–H groups in total. The van der Waals surface area contributed by atoms with Crippen LogP contribution < -0.4 is 4.72 Å². The van der Waals surface area contributed by atoms with Crippen molar-refractivity contribution in [1.82, 2.24) is 9.21 Å². The van der Waals surface area contributed by atoms with Crippen LogP contribution in [0.25, 0.3) is 0 Å². The zero-order valence-electron chi connectivity index (χ0n) is 16.8. The van der Waals surface area contributed by atoms with Gasteiger partial charge in [0, 0.05) is 38.4 Å². The molecule has 29 heavy (non-hydrogen) atoms. The molecule has 2 aromatic rings. The second kappa shape index (κ2) is 8.93. The summed E-state index contributed by atoms with van der Waals surface area (Å²) in [7, 11) is -4.41. The maximum atomic E-state index is 12.7. The molecule has 10 heteroatoms. The van der Waals surface area contributed by atoms with Gasteiger partial charge in [-0.25, -0.2) is 16.8 Å². The molecule has 0 aliphatic carbocycles. The van der Waals surface area contributed by atoms with Gasteiger partial charge in [-0.05, 0) is 42.5 Å². The highest BCUT2D eigenvalue weighted by atomic mass is 32.2. The molecule has 8 nitrogen and oxygen atoms in total. The number of benzene rings is 2. The Kier molecular flexibility index (Phi) is 7.04. The summed E-state index contributed by atoms with van der Waals surface area (Å²) < 4.78 is 54.1. The summed E-state index contributed by atoms with van der Waals surface area (Å²) in [5.41, 5.74) is 0.577. The molecule has 1 amide bonds. The van der Waals surface area contributed by atoms with Gasteiger partial charge in [-0.3, -0.25) is 9.52 Å². The van der Waals surface area contributed by atoms with Crippen LogP contribution in [0.1, 0.15) is 24.2 Å². The lowest BCUT2D eigenvalue weighted by molar-refractivity contribution is 0.0827. The zero-order chi connectivity index (χ0) is 21.8. The Balaban J connectivity index is 2.29. The molecule has 0 radical (unpaired) electrons. The highest BCUT2D eigenvalue weighted by Gasteiger charge is 2.23. The topological polar surface area (TPSA) is 104 Å². The minimum atomic E-state index is -3.95. The van der Waals surface area contributed by atoms with E-state index in [0.717, 1.165) is 0 Å². The number of sulfonamides is 2. The van der Waals surface area contributed by atoms with Gasteiger partial charge in [0.05, 0.1) is 9.79 Å². The van der Waals surface area contributed by atoms with Crippen molar-refractivity contribution in [2.75, 3.05) is 31.9 Å². The fourth-order valence-corrected chi connectivity index (χ4v) is 5.20. The number of nitrogens with zero attached hydrogens (tertiary/aromatic N) is 2. The third-order valence-electron chi connectivity index (χ3n) is 4.25. The summed E-state index contributed by atoms with van der Waals surface area (Å²) in [4.78, 5) is 13.4. The van der Waals surface area contributed by atoms with Crippen molar-refractivity contribution in [1.29, 1.82) is 0 Å². The predicted molar refractivity (Wildman–Crippen MR) is 112 cm³/mol. The average molecular weight is 440 g/mol. The molecule has 0 atom stereocenters. The summed E-state index contributed by atoms with van der Waals surface area (Å²) in [5.74, 6) is -0.253. The first-order valence-electron chi connectivity index (χ1n) is 8.97. The van der Waals surface area contributed by atoms with Crippen molar-refractivity contribution in [2.45, 2.75) is 23.6 Å². The Morgan fingerprint density at radius 3 is 1.97 bits per heavy atom. The lowest BCUT2D eigenvalue weighted by atomic mass is 10.2. The van der Waals surface area contributed by atoms with Crippen LogP contribution in [0.5, 0.6) is 0 Å². The molecule has 0 saturated carbocycles. The van der Waals surface area contributed by atoms with Crippen molar-refractivity contribution >= 4 is 31.6 Å². The molecule has 0 bridgehead atoms. The molecule has 0 unspecified atom stereocenters. The Hall–Kier alpha value is -2.43. The number of rotatable bonds is 8. The average Bonchev–Trinajstić information content (AvgIpc) is 2.68. The standard InChI is InChI=1S/C19H25N3O5S2/c1-5-22(6-2)29(26,27)18-12-10-17(11-13-18)28(24,25)20-16-9-7-8-15(14-16)19(23)21(3)4/h7-14,20H,5-6H2,1-4H3. The zero-order valence-corrected chi connectivity index (χ0v) is 18.4. The molecular formula is C19H25N3O5S2. The summed E-state index contributed by atoms with van der Waals surface area (Å²) >= 11 is 0. The van der Waals surface area contributed by atoms with Gasteiger partial charge in [0.25, 0.3) is 15.9 Å². The summed E-state index contributed by atoms with van der Waals surface area (Å²) in [6.45, 7) is 4.11. The Morgan fingerprint density at radius 1 is 0.897 bits per heavy atom. The first-order valence-corrected chi connectivity index (χ1v) is 11.9. The monoisotopic (exact) mass is 439 g/mol. The molecule has 0 saturated heterocycles. The molecule has 0 heterocycles. The van der Waals surface area contributed by atoms with Crippen molar-refractivity contribution in [3.05, 3.63) is 54.1 Å². The van der Waals surface area contributed by atoms with Crippen LogP contribution >= 0.6 is 0 Å². The number of anilines is 1. The van der Waals surface area contributed by atoms with Crippen LogP contribution in [0, 0.1) is 0 Å². The van der Waals surface area contributed by atoms with Crippen LogP contribution in [0.15, 0.2) is 58.3 Å². The third-order valence-corrected chi connectivity index (χ3v) is 7.71. The highest BCUT2D eigenvalue weighted by Crippen LogP contribution is 2.21.